The van der Waals surface area contributed by atoms with Crippen molar-refractivity contribution < 1.29 is 4.39 Å². The molecule has 10 heteroatoms. The molecule has 1 aromatic carbocycles. The van der Waals surface area contributed by atoms with Crippen molar-refractivity contribution in [2.75, 3.05) is 18.0 Å². The average Bonchev–Trinajstić information content (AvgIpc) is 3.17. The van der Waals surface area contributed by atoms with Crippen LogP contribution in [0.25, 0.3) is 33.8 Å². The van der Waals surface area contributed by atoms with Crippen LogP contribution in [0.3, 0.4) is 0 Å². The van der Waals surface area contributed by atoms with Crippen molar-refractivity contribution in [1.29, 1.82) is 0 Å². The molecule has 7 rings (SSSR count). The van der Waals surface area contributed by atoms with Gasteiger partial charge in [0.2, 0.25) is 5.65 Å². The summed E-state index contributed by atoms with van der Waals surface area (Å²) in [6.45, 7) is 3.86. The van der Waals surface area contributed by atoms with Crippen molar-refractivity contribution in [3.8, 4) is 22.6 Å². The Bertz CT molecular complexity index is 1680. The summed E-state index contributed by atoms with van der Waals surface area (Å²) in [5.41, 5.74) is 4.65. The van der Waals surface area contributed by atoms with Crippen molar-refractivity contribution in [1.82, 2.24) is 34.9 Å². The van der Waals surface area contributed by atoms with Crippen LogP contribution in [0.5, 0.6) is 0 Å². The lowest BCUT2D eigenvalue weighted by molar-refractivity contribution is 0.516. The third kappa shape index (κ3) is 3.37. The molecule has 2 fully saturated rings. The van der Waals surface area contributed by atoms with Gasteiger partial charge in [0.15, 0.2) is 0 Å². The van der Waals surface area contributed by atoms with E-state index in [1.54, 1.807) is 29.2 Å². The van der Waals surface area contributed by atoms with E-state index in [1.165, 1.54) is 0 Å². The molecule has 1 aliphatic carbocycles. The number of halogens is 2. The predicted octanol–water partition coefficient (Wildman–Crippen LogP) is 5.41. The van der Waals surface area contributed by atoms with Crippen LogP contribution in [0.2, 0.25) is 5.02 Å². The Labute approximate surface area is 223 Å². The number of rotatable bonds is 5. The number of aromatic nitrogens is 7. The molecule has 4 aromatic heterocycles. The second kappa shape index (κ2) is 8.59. The number of H-pyrrole nitrogens is 1. The van der Waals surface area contributed by atoms with Gasteiger partial charge in [-0.15, -0.1) is 0 Å². The number of aromatic amines is 1. The van der Waals surface area contributed by atoms with Gasteiger partial charge in [-0.05, 0) is 48.4 Å². The summed E-state index contributed by atoms with van der Waals surface area (Å²) >= 11 is 6.78. The summed E-state index contributed by atoms with van der Waals surface area (Å²) in [5.74, 6) is 1.58. The fourth-order valence-electron chi connectivity index (χ4n) is 6.62. The van der Waals surface area contributed by atoms with Crippen molar-refractivity contribution >= 4 is 28.6 Å². The number of piperidine rings is 1. The van der Waals surface area contributed by atoms with Gasteiger partial charge in [0.25, 0.3) is 0 Å². The normalized spacial score (nSPS) is 22.6. The van der Waals surface area contributed by atoms with Gasteiger partial charge in [0.05, 0.1) is 16.9 Å². The van der Waals surface area contributed by atoms with Gasteiger partial charge in [-0.2, -0.15) is 10.2 Å². The van der Waals surface area contributed by atoms with Gasteiger partial charge in [-0.25, -0.2) is 14.4 Å². The van der Waals surface area contributed by atoms with E-state index in [0.717, 1.165) is 42.9 Å². The first kappa shape index (κ1) is 23.3. The SMILES string of the molecule is CC[C@]1(c2ccccc2F)[C@@H]2CCN(c3cnc4c(-c5ccnc(-c6ccn(C)n6)c5Cl)[nH]nc4n3)C[C@@H]21. The lowest BCUT2D eigenvalue weighted by Gasteiger charge is -2.26. The van der Waals surface area contributed by atoms with Crippen LogP contribution in [0.1, 0.15) is 25.3 Å². The molecule has 0 spiro atoms. The average molecular weight is 529 g/mol. The zero-order valence-corrected chi connectivity index (χ0v) is 21.8. The molecule has 1 saturated carbocycles. The summed E-state index contributed by atoms with van der Waals surface area (Å²) in [5, 5.41) is 12.4. The second-order valence-electron chi connectivity index (χ2n) is 10.2. The van der Waals surface area contributed by atoms with Crippen LogP contribution in [-0.2, 0) is 12.5 Å². The number of hydrogen-bond donors (Lipinski definition) is 1. The fourth-order valence-corrected chi connectivity index (χ4v) is 6.92. The highest BCUT2D eigenvalue weighted by Crippen LogP contribution is 2.65. The number of aryl methyl sites for hydroxylation is 1. The number of anilines is 1. The smallest absolute Gasteiger partial charge is 0.202 e. The van der Waals surface area contributed by atoms with E-state index in [9.17, 15) is 4.39 Å². The van der Waals surface area contributed by atoms with Crippen LogP contribution >= 0.6 is 11.6 Å². The van der Waals surface area contributed by atoms with Crippen molar-refractivity contribution in [2.45, 2.75) is 25.2 Å². The highest BCUT2D eigenvalue weighted by molar-refractivity contribution is 6.35. The number of nitrogens with one attached hydrogen (secondary N) is 1. The lowest BCUT2D eigenvalue weighted by Crippen LogP contribution is -2.32. The van der Waals surface area contributed by atoms with Gasteiger partial charge >= 0.3 is 0 Å². The molecule has 192 valence electrons. The minimum atomic E-state index is -0.0967. The Morgan fingerprint density at radius 3 is 2.82 bits per heavy atom. The molecule has 1 N–H and O–H groups in total. The number of fused-ring (bicyclic) bond motifs is 2. The van der Waals surface area contributed by atoms with Gasteiger partial charge in [-0.3, -0.25) is 14.8 Å². The molecule has 0 unspecified atom stereocenters. The first-order valence-corrected chi connectivity index (χ1v) is 13.2. The van der Waals surface area contributed by atoms with Crippen LogP contribution in [0.15, 0.2) is 55.0 Å². The molecule has 1 aliphatic heterocycles. The molecule has 0 radical (unpaired) electrons. The summed E-state index contributed by atoms with van der Waals surface area (Å²) in [6, 6.07) is 11.0. The Hall–Kier alpha value is -3.85. The second-order valence-corrected chi connectivity index (χ2v) is 10.6. The molecule has 2 aliphatic rings. The highest BCUT2D eigenvalue weighted by atomic mass is 35.5. The molecule has 38 heavy (non-hydrogen) atoms. The number of pyridine rings is 1. The molecule has 5 heterocycles. The summed E-state index contributed by atoms with van der Waals surface area (Å²) in [7, 11) is 1.85. The van der Waals surface area contributed by atoms with Crippen LogP contribution in [-0.4, -0.2) is 48.0 Å². The molecule has 0 bridgehead atoms. The third-order valence-electron chi connectivity index (χ3n) is 8.48. The Kier molecular flexibility index (Phi) is 5.26. The minimum Gasteiger partial charge on any atom is -0.355 e. The topological polar surface area (TPSA) is 88.4 Å². The third-order valence-corrected chi connectivity index (χ3v) is 8.86. The Morgan fingerprint density at radius 1 is 1.16 bits per heavy atom. The van der Waals surface area contributed by atoms with E-state index in [4.69, 9.17) is 21.6 Å². The van der Waals surface area contributed by atoms with E-state index >= 15 is 0 Å². The standard InChI is InChI=1S/C28H26ClFN8/c1-3-28(18-6-4-5-7-20(18)30)17-9-13-38(15-19(17)28)22-14-32-26-24(34-35-27(26)33-22)16-8-11-31-25(23(16)29)21-10-12-37(2)36-21/h4-8,10-12,14,17,19H,3,9,13,15H2,1-2H3,(H,33,34,35)/t17-,19+,28-/m1/s1. The minimum absolute atomic E-state index is 0.0958. The van der Waals surface area contributed by atoms with Crippen LogP contribution < -0.4 is 4.90 Å². The lowest BCUT2D eigenvalue weighted by atomic mass is 9.88. The Balaban J connectivity index is 1.18. The maximum atomic E-state index is 14.8. The molecular formula is C28H26ClFN8. The fraction of sp³-hybridized carbons (Fsp3) is 0.321. The van der Waals surface area contributed by atoms with E-state index in [2.05, 4.69) is 32.1 Å². The maximum Gasteiger partial charge on any atom is 0.202 e. The summed E-state index contributed by atoms with van der Waals surface area (Å²) < 4.78 is 16.5. The summed E-state index contributed by atoms with van der Waals surface area (Å²) in [6.07, 6.45) is 7.29. The van der Waals surface area contributed by atoms with Gasteiger partial charge < -0.3 is 4.90 Å². The number of hydrogen-bond acceptors (Lipinski definition) is 6. The molecular weight excluding hydrogens is 503 g/mol. The van der Waals surface area contributed by atoms with Crippen molar-refractivity contribution in [2.24, 2.45) is 18.9 Å². The van der Waals surface area contributed by atoms with Crippen molar-refractivity contribution in [3.63, 3.8) is 0 Å². The molecule has 3 atom stereocenters. The van der Waals surface area contributed by atoms with Gasteiger partial charge in [-0.1, -0.05) is 36.7 Å². The highest BCUT2D eigenvalue weighted by Gasteiger charge is 2.65. The molecule has 5 aromatic rings. The van der Waals surface area contributed by atoms with E-state index in [1.807, 2.05) is 37.5 Å². The Morgan fingerprint density at radius 2 is 2.03 bits per heavy atom. The van der Waals surface area contributed by atoms with Gasteiger partial charge in [0, 0.05) is 43.5 Å². The maximum absolute atomic E-state index is 14.8. The predicted molar refractivity (Wildman–Crippen MR) is 144 cm³/mol. The van der Waals surface area contributed by atoms with Crippen LogP contribution in [0.4, 0.5) is 10.2 Å². The summed E-state index contributed by atoms with van der Waals surface area (Å²) in [4.78, 5) is 16.3. The number of nitrogens with zero attached hydrogens (tertiary/aromatic N) is 7. The van der Waals surface area contributed by atoms with E-state index in [-0.39, 0.29) is 11.2 Å². The zero-order valence-electron chi connectivity index (χ0n) is 21.1. The van der Waals surface area contributed by atoms with Crippen molar-refractivity contribution in [3.05, 3.63) is 71.4 Å². The quantitative estimate of drug-likeness (QED) is 0.328. The zero-order chi connectivity index (χ0) is 26.0. The monoisotopic (exact) mass is 528 g/mol. The number of benzene rings is 1. The molecule has 0 amide bonds. The first-order valence-electron chi connectivity index (χ1n) is 12.9. The van der Waals surface area contributed by atoms with Gasteiger partial charge in [0.1, 0.15) is 28.5 Å². The van der Waals surface area contributed by atoms with E-state index < -0.39 is 0 Å². The molecule has 1 saturated heterocycles. The largest absolute Gasteiger partial charge is 0.355 e. The van der Waals surface area contributed by atoms with E-state index in [0.29, 0.717) is 45.1 Å². The van der Waals surface area contributed by atoms with Crippen LogP contribution in [0, 0.1) is 17.7 Å². The molecule has 8 nitrogen and oxygen atoms in total. The first-order chi connectivity index (χ1) is 18.5.